The van der Waals surface area contributed by atoms with Crippen LogP contribution in [0.2, 0.25) is 0 Å². The number of aromatic nitrogens is 4. The minimum absolute atomic E-state index is 0.227. The van der Waals surface area contributed by atoms with Gasteiger partial charge in [0.15, 0.2) is 5.16 Å². The van der Waals surface area contributed by atoms with Crippen LogP contribution in [0.3, 0.4) is 0 Å². The summed E-state index contributed by atoms with van der Waals surface area (Å²) in [6.07, 6.45) is 0.632. The van der Waals surface area contributed by atoms with Gasteiger partial charge in [0.2, 0.25) is 0 Å². The molecule has 6 rings (SSSR count). The van der Waals surface area contributed by atoms with Gasteiger partial charge in [0.05, 0.1) is 5.52 Å². The van der Waals surface area contributed by atoms with Gasteiger partial charge in [-0.15, -0.1) is 10.2 Å². The lowest BCUT2D eigenvalue weighted by Gasteiger charge is -2.11. The number of halogens is 1. The van der Waals surface area contributed by atoms with Crippen LogP contribution in [-0.4, -0.2) is 19.7 Å². The summed E-state index contributed by atoms with van der Waals surface area (Å²) in [5.74, 6) is 1.24. The number of rotatable bonds is 6. The van der Waals surface area contributed by atoms with Gasteiger partial charge in [-0.25, -0.2) is 4.39 Å². The topological polar surface area (TPSA) is 46.5 Å². The molecule has 0 saturated carbocycles. The predicted octanol–water partition coefficient (Wildman–Crippen LogP) is 6.92. The van der Waals surface area contributed by atoms with E-state index in [-0.39, 0.29) is 5.82 Å². The highest BCUT2D eigenvalue weighted by Crippen LogP contribution is 2.30. The Morgan fingerprint density at radius 3 is 2.47 bits per heavy atom. The minimum atomic E-state index is -0.227. The molecule has 4 nitrogen and oxygen atoms in total. The number of nitrogens with one attached hydrogen (secondary N) is 1. The van der Waals surface area contributed by atoms with Crippen LogP contribution in [0.25, 0.3) is 27.5 Å². The molecule has 0 aliphatic heterocycles. The number of H-pyrrole nitrogens is 1. The molecule has 4 aromatic carbocycles. The number of benzene rings is 4. The maximum atomic E-state index is 13.6. The molecule has 0 atom stereocenters. The van der Waals surface area contributed by atoms with Gasteiger partial charge in [0.25, 0.3) is 0 Å². The summed E-state index contributed by atoms with van der Waals surface area (Å²) in [4.78, 5) is 3.59. The molecule has 0 fully saturated rings. The number of hydrogen-bond acceptors (Lipinski definition) is 3. The lowest BCUT2D eigenvalue weighted by molar-refractivity contribution is 0.626. The monoisotopic (exact) mass is 464 g/mol. The van der Waals surface area contributed by atoms with E-state index in [1.165, 1.54) is 22.4 Å². The van der Waals surface area contributed by atoms with Gasteiger partial charge in [-0.3, -0.25) is 4.57 Å². The fraction of sp³-hybridized carbons (Fsp3) is 0.0714. The Labute approximate surface area is 200 Å². The van der Waals surface area contributed by atoms with Crippen LogP contribution in [0.4, 0.5) is 4.39 Å². The van der Waals surface area contributed by atoms with E-state index in [0.29, 0.717) is 12.2 Å². The smallest absolute Gasteiger partial charge is 0.196 e. The molecular weight excluding hydrogens is 443 g/mol. The molecule has 0 aliphatic carbocycles. The van der Waals surface area contributed by atoms with Crippen molar-refractivity contribution >= 4 is 33.6 Å². The van der Waals surface area contributed by atoms with E-state index in [9.17, 15) is 4.39 Å². The third-order valence-electron chi connectivity index (χ3n) is 5.95. The van der Waals surface area contributed by atoms with Crippen LogP contribution in [0.1, 0.15) is 17.0 Å². The summed E-state index contributed by atoms with van der Waals surface area (Å²) < 4.78 is 15.7. The van der Waals surface area contributed by atoms with Crippen LogP contribution in [0.15, 0.2) is 102 Å². The summed E-state index contributed by atoms with van der Waals surface area (Å²) >= 11 is 1.56. The molecule has 166 valence electrons. The van der Waals surface area contributed by atoms with Crippen molar-refractivity contribution in [3.63, 3.8) is 0 Å². The highest BCUT2D eigenvalue weighted by molar-refractivity contribution is 7.98. The van der Waals surface area contributed by atoms with Crippen molar-refractivity contribution in [3.05, 3.63) is 120 Å². The predicted molar refractivity (Wildman–Crippen MR) is 136 cm³/mol. The van der Waals surface area contributed by atoms with Crippen LogP contribution in [0, 0.1) is 5.82 Å². The van der Waals surface area contributed by atoms with Gasteiger partial charge in [0, 0.05) is 34.2 Å². The van der Waals surface area contributed by atoms with Crippen LogP contribution in [-0.2, 0) is 12.2 Å². The molecule has 34 heavy (non-hydrogen) atoms. The molecule has 0 unspecified atom stereocenters. The maximum Gasteiger partial charge on any atom is 0.196 e. The molecular formula is C28H21FN4S. The zero-order valence-corrected chi connectivity index (χ0v) is 19.1. The summed E-state index contributed by atoms with van der Waals surface area (Å²) in [5.41, 5.74) is 5.34. The second kappa shape index (κ2) is 8.80. The van der Waals surface area contributed by atoms with Crippen LogP contribution in [0.5, 0.6) is 0 Å². The molecule has 0 bridgehead atoms. The standard InChI is InChI=1S/C28H21FN4S/c29-21-10-6-8-19(16-21)18-34-28-32-31-26(33(28)22-11-2-1-3-12-22)17-20-9-7-14-24-23-13-4-5-15-25(23)30-27(20)24/h1-16,30H,17-18H2. The van der Waals surface area contributed by atoms with Crippen molar-refractivity contribution in [1.29, 1.82) is 0 Å². The summed E-state index contributed by atoms with van der Waals surface area (Å²) in [6.45, 7) is 0. The fourth-order valence-corrected chi connectivity index (χ4v) is 5.28. The van der Waals surface area contributed by atoms with Crippen molar-refractivity contribution in [2.24, 2.45) is 0 Å². The van der Waals surface area contributed by atoms with E-state index in [1.54, 1.807) is 23.9 Å². The Balaban J connectivity index is 1.40. The van der Waals surface area contributed by atoms with Crippen molar-refractivity contribution in [2.45, 2.75) is 17.3 Å². The van der Waals surface area contributed by atoms with Gasteiger partial charge < -0.3 is 4.98 Å². The average Bonchev–Trinajstić information content (AvgIpc) is 3.45. The number of fused-ring (bicyclic) bond motifs is 3. The SMILES string of the molecule is Fc1cccc(CSc2nnc(Cc3cccc4c3[nH]c3ccccc34)n2-c2ccccc2)c1. The third-order valence-corrected chi connectivity index (χ3v) is 6.95. The van der Waals surface area contributed by atoms with Crippen LogP contribution >= 0.6 is 11.8 Å². The molecule has 6 heteroatoms. The molecule has 6 aromatic rings. The van der Waals surface area contributed by atoms with Crippen molar-refractivity contribution in [2.75, 3.05) is 0 Å². The first-order valence-electron chi connectivity index (χ1n) is 11.1. The number of nitrogens with zero attached hydrogens (tertiary/aromatic N) is 3. The van der Waals surface area contributed by atoms with E-state index in [0.717, 1.165) is 33.3 Å². The molecule has 0 spiro atoms. The Morgan fingerprint density at radius 1 is 0.794 bits per heavy atom. The first kappa shape index (κ1) is 20.7. The quantitative estimate of drug-likeness (QED) is 0.272. The highest BCUT2D eigenvalue weighted by atomic mass is 32.2. The normalized spacial score (nSPS) is 11.4. The van der Waals surface area contributed by atoms with Gasteiger partial charge in [-0.05, 0) is 41.5 Å². The lowest BCUT2D eigenvalue weighted by atomic mass is 10.1. The van der Waals surface area contributed by atoms with E-state index in [1.807, 2.05) is 30.3 Å². The molecule has 0 aliphatic rings. The Kier molecular flexibility index (Phi) is 5.35. The van der Waals surface area contributed by atoms with Crippen molar-refractivity contribution in [3.8, 4) is 5.69 Å². The lowest BCUT2D eigenvalue weighted by Crippen LogP contribution is -2.04. The maximum absolute atomic E-state index is 13.6. The minimum Gasteiger partial charge on any atom is -0.354 e. The average molecular weight is 465 g/mol. The largest absolute Gasteiger partial charge is 0.354 e. The molecule has 2 aromatic heterocycles. The summed E-state index contributed by atoms with van der Waals surface area (Å²) in [7, 11) is 0. The van der Waals surface area contributed by atoms with E-state index in [2.05, 4.69) is 68.3 Å². The fourth-order valence-electron chi connectivity index (χ4n) is 4.37. The van der Waals surface area contributed by atoms with E-state index >= 15 is 0 Å². The Morgan fingerprint density at radius 2 is 1.59 bits per heavy atom. The zero-order valence-electron chi connectivity index (χ0n) is 18.3. The molecule has 0 amide bonds. The van der Waals surface area contributed by atoms with Gasteiger partial charge >= 0.3 is 0 Å². The van der Waals surface area contributed by atoms with E-state index < -0.39 is 0 Å². The number of para-hydroxylation sites is 3. The van der Waals surface area contributed by atoms with Crippen molar-refractivity contribution in [1.82, 2.24) is 19.7 Å². The summed E-state index contributed by atoms with van der Waals surface area (Å²) in [6, 6.07) is 31.6. The number of hydrogen-bond donors (Lipinski definition) is 1. The highest BCUT2D eigenvalue weighted by Gasteiger charge is 2.17. The third kappa shape index (κ3) is 3.86. The molecule has 0 saturated heterocycles. The zero-order chi connectivity index (χ0) is 22.9. The second-order valence-electron chi connectivity index (χ2n) is 8.18. The van der Waals surface area contributed by atoms with Gasteiger partial charge in [0.1, 0.15) is 11.6 Å². The van der Waals surface area contributed by atoms with Gasteiger partial charge in [-0.2, -0.15) is 0 Å². The Hall–Kier alpha value is -3.90. The van der Waals surface area contributed by atoms with E-state index in [4.69, 9.17) is 0 Å². The van der Waals surface area contributed by atoms with Gasteiger partial charge in [-0.1, -0.05) is 78.5 Å². The summed E-state index contributed by atoms with van der Waals surface area (Å²) in [5, 5.41) is 12.3. The van der Waals surface area contributed by atoms with Crippen LogP contribution < -0.4 is 0 Å². The number of thioether (sulfide) groups is 1. The molecule has 1 N–H and O–H groups in total. The first-order valence-corrected chi connectivity index (χ1v) is 12.1. The second-order valence-corrected chi connectivity index (χ2v) is 9.12. The Bertz CT molecular complexity index is 1600. The first-order chi connectivity index (χ1) is 16.8. The number of aromatic amines is 1. The molecule has 2 heterocycles. The van der Waals surface area contributed by atoms with Crippen molar-refractivity contribution < 1.29 is 4.39 Å². The molecule has 0 radical (unpaired) electrons.